The predicted molar refractivity (Wildman–Crippen MR) is 78.1 cm³/mol. The van der Waals surface area contributed by atoms with Gasteiger partial charge in [0.1, 0.15) is 0 Å². The molecule has 94 valence electrons. The molecule has 1 aromatic carbocycles. The Morgan fingerprint density at radius 1 is 1.32 bits per heavy atom. The quantitative estimate of drug-likeness (QED) is 0.563. The molecule has 0 aliphatic heterocycles. The molecule has 0 unspecified atom stereocenters. The number of ketones is 1. The highest BCUT2D eigenvalue weighted by molar-refractivity contribution is 9.10. The third-order valence-corrected chi connectivity index (χ3v) is 3.37. The number of nitrogens with one attached hydrogen (secondary N) is 1. The molecule has 0 saturated carbocycles. The molecule has 0 fully saturated rings. The minimum atomic E-state index is -0.0766. The first-order valence-electron chi connectivity index (χ1n) is 5.67. The van der Waals surface area contributed by atoms with Crippen LogP contribution in [0.4, 0.5) is 5.69 Å². The Morgan fingerprint density at radius 2 is 2.16 bits per heavy atom. The molecule has 0 amide bonds. The summed E-state index contributed by atoms with van der Waals surface area (Å²) < 4.78 is 0.786. The second-order valence-electron chi connectivity index (χ2n) is 4.23. The molecule has 0 spiro atoms. The largest absolute Gasteiger partial charge is 0.399 e. The first kappa shape index (κ1) is 11.9. The lowest BCUT2D eigenvalue weighted by Crippen LogP contribution is -2.01. The van der Waals surface area contributed by atoms with Gasteiger partial charge in [-0.25, -0.2) is 0 Å². The van der Waals surface area contributed by atoms with Gasteiger partial charge in [0, 0.05) is 50.8 Å². The van der Waals surface area contributed by atoms with E-state index in [4.69, 9.17) is 5.73 Å². The van der Waals surface area contributed by atoms with Crippen LogP contribution in [0.25, 0.3) is 10.9 Å². The number of carbonyl (C=O) groups is 1. The number of aromatic nitrogens is 2. The normalized spacial score (nSPS) is 10.8. The fraction of sp³-hybridized carbons (Fsp3) is 0. The van der Waals surface area contributed by atoms with E-state index in [1.54, 1.807) is 36.8 Å². The number of aromatic amines is 1. The van der Waals surface area contributed by atoms with Gasteiger partial charge in [-0.3, -0.25) is 9.78 Å². The summed E-state index contributed by atoms with van der Waals surface area (Å²) in [5, 5.41) is 0.811. The predicted octanol–water partition coefficient (Wildman–Crippen LogP) is 3.14. The topological polar surface area (TPSA) is 71.8 Å². The Hall–Kier alpha value is -2.14. The number of halogens is 1. The van der Waals surface area contributed by atoms with Gasteiger partial charge < -0.3 is 10.7 Å². The van der Waals surface area contributed by atoms with Crippen molar-refractivity contribution in [1.82, 2.24) is 9.97 Å². The molecule has 0 radical (unpaired) electrons. The Bertz CT molecular complexity index is 759. The number of nitrogen functional groups attached to an aromatic ring is 1. The van der Waals surface area contributed by atoms with Crippen molar-refractivity contribution in [2.45, 2.75) is 0 Å². The molecule has 19 heavy (non-hydrogen) atoms. The van der Waals surface area contributed by atoms with Crippen molar-refractivity contribution in [3.8, 4) is 0 Å². The van der Waals surface area contributed by atoms with Gasteiger partial charge >= 0.3 is 0 Å². The molecule has 0 aliphatic rings. The second kappa shape index (κ2) is 4.51. The lowest BCUT2D eigenvalue weighted by atomic mass is 10.0. The number of nitrogens with zero attached hydrogens (tertiary/aromatic N) is 1. The van der Waals surface area contributed by atoms with E-state index in [9.17, 15) is 4.79 Å². The number of anilines is 1. The van der Waals surface area contributed by atoms with Gasteiger partial charge in [0.2, 0.25) is 0 Å². The lowest BCUT2D eigenvalue weighted by molar-refractivity contribution is 0.104. The van der Waals surface area contributed by atoms with E-state index < -0.39 is 0 Å². The van der Waals surface area contributed by atoms with Crippen LogP contribution in [0.1, 0.15) is 15.9 Å². The zero-order valence-electron chi connectivity index (χ0n) is 9.85. The van der Waals surface area contributed by atoms with E-state index >= 15 is 0 Å². The number of hydrogen-bond donors (Lipinski definition) is 2. The van der Waals surface area contributed by atoms with E-state index in [0.29, 0.717) is 16.8 Å². The monoisotopic (exact) mass is 315 g/mol. The maximum atomic E-state index is 12.5. The van der Waals surface area contributed by atoms with Gasteiger partial charge in [-0.2, -0.15) is 0 Å². The van der Waals surface area contributed by atoms with Crippen LogP contribution in [0.3, 0.4) is 0 Å². The average Bonchev–Trinajstić information content (AvgIpc) is 2.80. The minimum Gasteiger partial charge on any atom is -0.399 e. The summed E-state index contributed by atoms with van der Waals surface area (Å²) in [6, 6.07) is 7.02. The van der Waals surface area contributed by atoms with Crippen LogP contribution in [0, 0.1) is 0 Å². The molecule has 4 nitrogen and oxygen atoms in total. The summed E-state index contributed by atoms with van der Waals surface area (Å²) in [4.78, 5) is 19.6. The van der Waals surface area contributed by atoms with E-state index in [1.165, 1.54) is 0 Å². The maximum Gasteiger partial charge on any atom is 0.195 e. The van der Waals surface area contributed by atoms with Crippen LogP contribution in [0.15, 0.2) is 47.3 Å². The van der Waals surface area contributed by atoms with Crippen LogP contribution >= 0.6 is 15.9 Å². The number of fused-ring (bicyclic) bond motifs is 1. The smallest absolute Gasteiger partial charge is 0.195 e. The SMILES string of the molecule is Nc1cc(Br)cc(C(=O)c2c[nH]c3ccncc23)c1. The molecule has 5 heteroatoms. The molecule has 0 atom stereocenters. The summed E-state index contributed by atoms with van der Waals surface area (Å²) in [6.07, 6.45) is 5.07. The number of benzene rings is 1. The van der Waals surface area contributed by atoms with Gasteiger partial charge in [-0.1, -0.05) is 15.9 Å². The molecule has 2 aromatic heterocycles. The maximum absolute atomic E-state index is 12.5. The van der Waals surface area contributed by atoms with Gasteiger partial charge in [0.15, 0.2) is 5.78 Å². The molecule has 3 N–H and O–H groups in total. The van der Waals surface area contributed by atoms with Gasteiger partial charge in [0.25, 0.3) is 0 Å². The molecule has 3 aromatic rings. The van der Waals surface area contributed by atoms with Crippen LogP contribution in [-0.4, -0.2) is 15.8 Å². The Morgan fingerprint density at radius 3 is 2.95 bits per heavy atom. The van der Waals surface area contributed by atoms with Crippen molar-refractivity contribution in [3.05, 3.63) is 58.5 Å². The van der Waals surface area contributed by atoms with E-state index in [2.05, 4.69) is 25.9 Å². The average molecular weight is 316 g/mol. The fourth-order valence-corrected chi connectivity index (χ4v) is 2.56. The lowest BCUT2D eigenvalue weighted by Gasteiger charge is -2.02. The highest BCUT2D eigenvalue weighted by atomic mass is 79.9. The van der Waals surface area contributed by atoms with Gasteiger partial charge in [-0.15, -0.1) is 0 Å². The molecule has 2 heterocycles. The standard InChI is InChI=1S/C14H10BrN3O/c15-9-3-8(4-10(16)5-9)14(19)12-7-18-13-1-2-17-6-11(12)13/h1-7,18H,16H2. The van der Waals surface area contributed by atoms with Crippen molar-refractivity contribution in [3.63, 3.8) is 0 Å². The molecule has 0 bridgehead atoms. The van der Waals surface area contributed by atoms with Crippen LogP contribution in [-0.2, 0) is 0 Å². The molecular formula is C14H10BrN3O. The van der Waals surface area contributed by atoms with Crippen molar-refractivity contribution >= 4 is 38.3 Å². The third kappa shape index (κ3) is 2.13. The second-order valence-corrected chi connectivity index (χ2v) is 5.14. The highest BCUT2D eigenvalue weighted by Gasteiger charge is 2.15. The van der Waals surface area contributed by atoms with Gasteiger partial charge in [-0.05, 0) is 24.3 Å². The summed E-state index contributed by atoms with van der Waals surface area (Å²) in [6.45, 7) is 0. The first-order chi connectivity index (χ1) is 9.15. The van der Waals surface area contributed by atoms with Crippen LogP contribution in [0.5, 0.6) is 0 Å². The minimum absolute atomic E-state index is 0.0766. The van der Waals surface area contributed by atoms with Gasteiger partial charge in [0.05, 0.1) is 0 Å². The molecular weight excluding hydrogens is 306 g/mol. The van der Waals surface area contributed by atoms with Crippen LogP contribution < -0.4 is 5.73 Å². The van der Waals surface area contributed by atoms with Crippen molar-refractivity contribution in [2.75, 3.05) is 5.73 Å². The van der Waals surface area contributed by atoms with Crippen molar-refractivity contribution in [1.29, 1.82) is 0 Å². The molecule has 3 rings (SSSR count). The summed E-state index contributed by atoms with van der Waals surface area (Å²) >= 11 is 3.34. The Kier molecular flexibility index (Phi) is 2.83. The number of H-pyrrole nitrogens is 1. The van der Waals surface area contributed by atoms with Crippen molar-refractivity contribution < 1.29 is 4.79 Å². The summed E-state index contributed by atoms with van der Waals surface area (Å²) in [5.41, 5.74) is 8.35. The zero-order valence-corrected chi connectivity index (χ0v) is 11.4. The first-order valence-corrected chi connectivity index (χ1v) is 6.46. The van der Waals surface area contributed by atoms with E-state index in [-0.39, 0.29) is 5.78 Å². The highest BCUT2D eigenvalue weighted by Crippen LogP contribution is 2.23. The number of pyridine rings is 1. The third-order valence-electron chi connectivity index (χ3n) is 2.91. The van der Waals surface area contributed by atoms with Crippen molar-refractivity contribution in [2.24, 2.45) is 0 Å². The number of nitrogens with two attached hydrogens (primary N) is 1. The Balaban J connectivity index is 2.13. The number of rotatable bonds is 2. The van der Waals surface area contributed by atoms with Crippen LogP contribution in [0.2, 0.25) is 0 Å². The number of hydrogen-bond acceptors (Lipinski definition) is 3. The van der Waals surface area contributed by atoms with E-state index in [1.807, 2.05) is 6.07 Å². The Labute approximate surface area is 117 Å². The number of carbonyl (C=O) groups excluding carboxylic acids is 1. The zero-order chi connectivity index (χ0) is 13.4. The fourth-order valence-electron chi connectivity index (χ4n) is 2.05. The summed E-state index contributed by atoms with van der Waals surface area (Å²) in [5.74, 6) is -0.0766. The van der Waals surface area contributed by atoms with E-state index in [0.717, 1.165) is 15.4 Å². The molecule has 0 saturated heterocycles. The molecule has 0 aliphatic carbocycles. The summed E-state index contributed by atoms with van der Waals surface area (Å²) in [7, 11) is 0.